The molecule has 4 N–H and O–H groups in total. The van der Waals surface area contributed by atoms with Gasteiger partial charge < -0.3 is 20.7 Å². The first-order chi connectivity index (χ1) is 14.4. The van der Waals surface area contributed by atoms with Crippen LogP contribution < -0.4 is 11.4 Å². The summed E-state index contributed by atoms with van der Waals surface area (Å²) in [7, 11) is 0. The van der Waals surface area contributed by atoms with E-state index in [0.717, 1.165) is 26.8 Å². The minimum Gasteiger partial charge on any atom is -0.391 e. The van der Waals surface area contributed by atoms with E-state index in [1.807, 2.05) is 31.2 Å². The van der Waals surface area contributed by atoms with Crippen LogP contribution in [-0.4, -0.2) is 53.6 Å². The lowest BCUT2D eigenvalue weighted by molar-refractivity contribution is -0.187. The topological polar surface area (TPSA) is 141 Å². The molecule has 1 aromatic carbocycles. The number of hydrogen-bond acceptors (Lipinski definition) is 8. The third-order valence-electron chi connectivity index (χ3n) is 5.25. The molecular weight excluding hydrogens is 395 g/mol. The van der Waals surface area contributed by atoms with Gasteiger partial charge in [-0.05, 0) is 18.1 Å². The van der Waals surface area contributed by atoms with Gasteiger partial charge in [-0.25, -0.2) is 13.9 Å². The number of anilines is 1. The molecule has 1 aliphatic heterocycles. The van der Waals surface area contributed by atoms with Gasteiger partial charge in [0.1, 0.15) is 17.6 Å². The largest absolute Gasteiger partial charge is 0.391 e. The second kappa shape index (κ2) is 7.59. The van der Waals surface area contributed by atoms with E-state index in [4.69, 9.17) is 10.5 Å². The first kappa shape index (κ1) is 20.1. The molecule has 0 aliphatic carbocycles. The number of benzene rings is 1. The van der Waals surface area contributed by atoms with Gasteiger partial charge in [-0.15, -0.1) is 5.10 Å². The quantitative estimate of drug-likeness (QED) is 0.536. The number of nitrogen functional groups attached to an aromatic ring is 1. The van der Waals surface area contributed by atoms with Gasteiger partial charge in [-0.2, -0.15) is 4.98 Å². The van der Waals surface area contributed by atoms with Crippen LogP contribution in [0.5, 0.6) is 0 Å². The molecule has 2 aromatic heterocycles. The zero-order valence-electron chi connectivity index (χ0n) is 16.1. The fourth-order valence-corrected chi connectivity index (χ4v) is 3.46. The summed E-state index contributed by atoms with van der Waals surface area (Å²) in [6.45, 7) is 1.24. The maximum atomic E-state index is 15.0. The van der Waals surface area contributed by atoms with E-state index >= 15 is 0 Å². The van der Waals surface area contributed by atoms with Crippen LogP contribution in [0.25, 0.3) is 11.3 Å². The normalized spacial score (nSPS) is 26.2. The number of aromatic nitrogens is 5. The van der Waals surface area contributed by atoms with E-state index in [-0.39, 0.29) is 5.82 Å². The average molecular weight is 416 g/mol. The summed E-state index contributed by atoms with van der Waals surface area (Å²) in [5.41, 5.74) is 5.00. The number of halogens is 1. The Labute approximate surface area is 170 Å². The summed E-state index contributed by atoms with van der Waals surface area (Å²) >= 11 is 0. The number of ether oxygens (including phenoxy) is 1. The average Bonchev–Trinajstić information content (AvgIpc) is 3.34. The van der Waals surface area contributed by atoms with Crippen molar-refractivity contribution in [3.8, 4) is 11.3 Å². The molecular formula is C19H21FN6O4. The summed E-state index contributed by atoms with van der Waals surface area (Å²) in [6, 6.07) is 8.93. The second-order valence-electron chi connectivity index (χ2n) is 7.04. The van der Waals surface area contributed by atoms with Crippen LogP contribution in [-0.2, 0) is 16.9 Å². The van der Waals surface area contributed by atoms with Crippen LogP contribution >= 0.6 is 0 Å². The maximum absolute atomic E-state index is 15.0. The number of rotatable bonds is 5. The zero-order chi connectivity index (χ0) is 21.5. The Hall–Kier alpha value is -3.15. The first-order valence-electron chi connectivity index (χ1n) is 9.37. The Balaban J connectivity index is 1.69. The van der Waals surface area contributed by atoms with Crippen molar-refractivity contribution in [2.75, 3.05) is 12.3 Å². The minimum absolute atomic E-state index is 0.0337. The predicted octanol–water partition coefficient (Wildman–Crippen LogP) is 0.219. The number of aryl methyl sites for hydroxylation is 1. The number of nitrogens with zero attached hydrogens (tertiary/aromatic N) is 5. The van der Waals surface area contributed by atoms with E-state index in [0.29, 0.717) is 5.69 Å². The summed E-state index contributed by atoms with van der Waals surface area (Å²) in [5, 5.41) is 28.6. The van der Waals surface area contributed by atoms with Gasteiger partial charge in [-0.1, -0.05) is 36.4 Å². The summed E-state index contributed by atoms with van der Waals surface area (Å²) in [4.78, 5) is 15.6. The van der Waals surface area contributed by atoms with Gasteiger partial charge >= 0.3 is 5.69 Å². The van der Waals surface area contributed by atoms with Crippen molar-refractivity contribution in [2.24, 2.45) is 0 Å². The molecule has 1 aliphatic rings. The van der Waals surface area contributed by atoms with Crippen molar-refractivity contribution in [3.05, 3.63) is 58.8 Å². The maximum Gasteiger partial charge on any atom is 0.351 e. The van der Waals surface area contributed by atoms with E-state index in [9.17, 15) is 19.4 Å². The second-order valence-corrected chi connectivity index (χ2v) is 7.04. The molecule has 1 saturated heterocycles. The third-order valence-corrected chi connectivity index (χ3v) is 5.25. The van der Waals surface area contributed by atoms with Crippen molar-refractivity contribution in [1.29, 1.82) is 0 Å². The van der Waals surface area contributed by atoms with E-state index < -0.39 is 36.5 Å². The minimum atomic E-state index is -2.04. The molecule has 0 unspecified atom stereocenters. The van der Waals surface area contributed by atoms with Gasteiger partial charge in [0.05, 0.1) is 12.8 Å². The monoisotopic (exact) mass is 416 g/mol. The van der Waals surface area contributed by atoms with Crippen LogP contribution in [0.3, 0.4) is 0 Å². The fraction of sp³-hybridized carbons (Fsp3) is 0.368. The van der Waals surface area contributed by atoms with Crippen molar-refractivity contribution in [1.82, 2.24) is 24.5 Å². The molecule has 0 amide bonds. The lowest BCUT2D eigenvalue weighted by Crippen LogP contribution is -2.48. The molecule has 0 saturated carbocycles. The molecule has 4 atom stereocenters. The summed E-state index contributed by atoms with van der Waals surface area (Å²) in [6.07, 6.45) is -1.86. The molecule has 1 fully saturated rings. The Morgan fingerprint density at radius 3 is 2.67 bits per heavy atom. The fourth-order valence-electron chi connectivity index (χ4n) is 3.46. The molecule has 0 radical (unpaired) electrons. The Morgan fingerprint density at radius 1 is 1.30 bits per heavy atom. The van der Waals surface area contributed by atoms with Crippen molar-refractivity contribution in [3.63, 3.8) is 0 Å². The molecule has 3 aromatic rings. The van der Waals surface area contributed by atoms with Crippen molar-refractivity contribution >= 4 is 5.82 Å². The molecule has 4 rings (SSSR count). The van der Waals surface area contributed by atoms with Gasteiger partial charge in [0.15, 0.2) is 12.4 Å². The third kappa shape index (κ3) is 3.16. The van der Waals surface area contributed by atoms with Crippen LogP contribution in [0, 0.1) is 0 Å². The molecule has 30 heavy (non-hydrogen) atoms. The van der Waals surface area contributed by atoms with E-state index in [1.54, 1.807) is 0 Å². The molecule has 11 heteroatoms. The van der Waals surface area contributed by atoms with Gasteiger partial charge in [-0.3, -0.25) is 4.57 Å². The van der Waals surface area contributed by atoms with Gasteiger partial charge in [0, 0.05) is 11.8 Å². The van der Waals surface area contributed by atoms with Gasteiger partial charge in [0.2, 0.25) is 5.72 Å². The standard InChI is InChI=1S/C19H21FN6O4/c1-2-11-3-5-12(6-4-11)13-9-26(24-23-13)19(10-27)16(28)15(20)17(30-19)25-8-7-14(21)22-18(25)29/h3-9,15-17,27-28H,2,10H2,1H3,(H2,21,22,29)/t15-,16-,17+,19+/m0/s1. The van der Waals surface area contributed by atoms with Crippen LogP contribution in [0.1, 0.15) is 18.7 Å². The smallest absolute Gasteiger partial charge is 0.351 e. The number of alkyl halides is 1. The molecule has 0 bridgehead atoms. The van der Waals surface area contributed by atoms with Crippen molar-refractivity contribution < 1.29 is 19.3 Å². The highest BCUT2D eigenvalue weighted by atomic mass is 19.1. The highest BCUT2D eigenvalue weighted by Crippen LogP contribution is 2.41. The SMILES string of the molecule is CCc1ccc(-c2cn([C@]3(CO)O[C@@H](n4ccc(N)nc4=O)[C@@H](F)[C@@H]3O)nn2)cc1. The summed E-state index contributed by atoms with van der Waals surface area (Å²) < 4.78 is 22.6. The Bertz CT molecular complexity index is 1100. The Kier molecular flexibility index (Phi) is 5.10. The number of nitrogens with two attached hydrogens (primary N) is 1. The van der Waals surface area contributed by atoms with E-state index in [1.165, 1.54) is 18.5 Å². The van der Waals surface area contributed by atoms with Crippen LogP contribution in [0.15, 0.2) is 47.5 Å². The van der Waals surface area contributed by atoms with Crippen molar-refractivity contribution in [2.45, 2.75) is 37.6 Å². The van der Waals surface area contributed by atoms with Crippen LogP contribution in [0.4, 0.5) is 10.2 Å². The highest BCUT2D eigenvalue weighted by Gasteiger charge is 2.58. The van der Waals surface area contributed by atoms with E-state index in [2.05, 4.69) is 15.3 Å². The lowest BCUT2D eigenvalue weighted by atomic mass is 10.1. The zero-order valence-corrected chi connectivity index (χ0v) is 16.1. The number of hydrogen-bond donors (Lipinski definition) is 3. The lowest BCUT2D eigenvalue weighted by Gasteiger charge is -2.29. The predicted molar refractivity (Wildman–Crippen MR) is 104 cm³/mol. The number of aliphatic hydroxyl groups excluding tert-OH is 2. The van der Waals surface area contributed by atoms with Gasteiger partial charge in [0.25, 0.3) is 0 Å². The Morgan fingerprint density at radius 2 is 2.03 bits per heavy atom. The van der Waals surface area contributed by atoms with Crippen LogP contribution in [0.2, 0.25) is 0 Å². The molecule has 158 valence electrons. The highest BCUT2D eigenvalue weighted by molar-refractivity contribution is 5.58. The molecule has 10 nitrogen and oxygen atoms in total. The first-order valence-corrected chi connectivity index (χ1v) is 9.37. The number of aliphatic hydroxyl groups is 2. The molecule has 0 spiro atoms. The summed E-state index contributed by atoms with van der Waals surface area (Å²) in [5.74, 6) is -0.0337. The molecule has 3 heterocycles.